The van der Waals surface area contributed by atoms with Crippen LogP contribution in [0.15, 0.2) is 58.8 Å². The van der Waals surface area contributed by atoms with Crippen molar-refractivity contribution < 1.29 is 175 Å². The molecular weight excluding hydrogens is 1200 g/mol. The van der Waals surface area contributed by atoms with Gasteiger partial charge < -0.3 is 9.47 Å². The lowest BCUT2D eigenvalue weighted by molar-refractivity contribution is -0.383. The van der Waals surface area contributed by atoms with Gasteiger partial charge in [0.25, 0.3) is 0 Å². The zero-order chi connectivity index (χ0) is 59.6. The van der Waals surface area contributed by atoms with Crippen LogP contribution in [-0.4, -0.2) is 117 Å². The lowest BCUT2D eigenvalue weighted by atomic mass is 9.99. The van der Waals surface area contributed by atoms with Gasteiger partial charge in [-0.25, -0.2) is 0 Å². The van der Waals surface area contributed by atoms with Gasteiger partial charge in [-0.05, 0) is 48.5 Å². The molecule has 0 spiro atoms. The predicted octanol–water partition coefficient (Wildman–Crippen LogP) is 12.5. The fourth-order valence-corrected chi connectivity index (χ4v) is 5.83. The standard InChI is InChI=1S/C31H14F32N2O8S2/c1-2-15(70-13-7-3-11(4-8-13)16(18(32,33)20(36,37)26(48,49)50)64-72-74(66,67)30(60,61)24(44,45)22(40,41)28(54,55)56)71-14-9-5-12(6-10-14)17(19(34,35)21(38,39)27(51,52)53)65-73-75(68,69)31(62,63)25(46,47)23(42,43)29(57,58)59/h3-10,15H,2H2,1H3. The van der Waals surface area contributed by atoms with E-state index >= 15 is 0 Å². The van der Waals surface area contributed by atoms with E-state index in [9.17, 15) is 157 Å². The van der Waals surface area contributed by atoms with Crippen LogP contribution in [-0.2, 0) is 28.8 Å². The highest BCUT2D eigenvalue weighted by Gasteiger charge is 2.88. The van der Waals surface area contributed by atoms with Crippen molar-refractivity contribution in [2.45, 2.75) is 102 Å². The van der Waals surface area contributed by atoms with E-state index in [-0.39, 0.29) is 48.5 Å². The van der Waals surface area contributed by atoms with Crippen LogP contribution >= 0.6 is 0 Å². The lowest BCUT2D eigenvalue weighted by Gasteiger charge is -2.32. The highest BCUT2D eigenvalue weighted by Crippen LogP contribution is 2.57. The maximum Gasteiger partial charge on any atom is 0.460 e. The summed E-state index contributed by atoms with van der Waals surface area (Å²) in [4.78, 5) is 0. The minimum Gasteiger partial charge on any atom is -0.455 e. The van der Waals surface area contributed by atoms with Gasteiger partial charge in [-0.3, -0.25) is 8.57 Å². The van der Waals surface area contributed by atoms with E-state index in [2.05, 4.69) is 8.57 Å². The molecule has 2 aromatic rings. The van der Waals surface area contributed by atoms with Crippen LogP contribution in [0.25, 0.3) is 0 Å². The molecule has 0 saturated heterocycles. The molecule has 0 unspecified atom stereocenters. The van der Waals surface area contributed by atoms with E-state index in [1.807, 2.05) is 0 Å². The third-order valence-electron chi connectivity index (χ3n) is 8.53. The van der Waals surface area contributed by atoms with E-state index in [0.29, 0.717) is 0 Å². The molecule has 432 valence electrons. The van der Waals surface area contributed by atoms with E-state index in [4.69, 9.17) is 9.47 Å². The van der Waals surface area contributed by atoms with Crippen LogP contribution in [0.3, 0.4) is 0 Å². The van der Waals surface area contributed by atoms with Crippen LogP contribution < -0.4 is 9.47 Å². The van der Waals surface area contributed by atoms with Gasteiger partial charge in [0, 0.05) is 17.5 Å². The number of alkyl halides is 32. The van der Waals surface area contributed by atoms with Crippen molar-refractivity contribution in [2.24, 2.45) is 10.3 Å². The molecule has 44 heteroatoms. The van der Waals surface area contributed by atoms with Crippen LogP contribution in [0.4, 0.5) is 140 Å². The Hall–Kier alpha value is -5.36. The van der Waals surface area contributed by atoms with Crippen molar-refractivity contribution in [1.82, 2.24) is 0 Å². The van der Waals surface area contributed by atoms with E-state index in [1.165, 1.54) is 10.3 Å². The predicted molar refractivity (Wildman–Crippen MR) is 175 cm³/mol. The zero-order valence-electron chi connectivity index (χ0n) is 34.0. The number of oxime groups is 2. The molecule has 0 heterocycles. The fourth-order valence-electron chi connectivity index (χ4n) is 4.41. The quantitative estimate of drug-likeness (QED) is 0.0523. The summed E-state index contributed by atoms with van der Waals surface area (Å²) >= 11 is 0. The molecule has 0 aliphatic carbocycles. The van der Waals surface area contributed by atoms with Gasteiger partial charge in [0.1, 0.15) is 11.5 Å². The molecule has 0 aliphatic heterocycles. The normalized spacial score (nSPS) is 16.2. The van der Waals surface area contributed by atoms with Crippen molar-refractivity contribution in [3.63, 3.8) is 0 Å². The van der Waals surface area contributed by atoms with Gasteiger partial charge in [0.15, 0.2) is 11.4 Å². The summed E-state index contributed by atoms with van der Waals surface area (Å²) in [7, 11) is -16.9. The molecule has 0 amide bonds. The van der Waals surface area contributed by atoms with Crippen molar-refractivity contribution in [1.29, 1.82) is 0 Å². The average Bonchev–Trinajstić information content (AvgIpc) is 3.22. The fraction of sp³-hybridized carbons (Fsp3) is 0.548. The maximum atomic E-state index is 14.8. The molecule has 0 atom stereocenters. The van der Waals surface area contributed by atoms with Crippen molar-refractivity contribution in [3.05, 3.63) is 59.7 Å². The molecule has 0 fully saturated rings. The Morgan fingerprint density at radius 3 is 0.813 bits per heavy atom. The Bertz CT molecular complexity index is 2460. The van der Waals surface area contributed by atoms with Crippen LogP contribution in [0.1, 0.15) is 24.5 Å². The number of rotatable bonds is 21. The largest absolute Gasteiger partial charge is 0.460 e. The second-order valence-electron chi connectivity index (χ2n) is 13.7. The Labute approximate surface area is 391 Å². The summed E-state index contributed by atoms with van der Waals surface area (Å²) in [6.07, 6.45) is -33.3. The number of halogens is 32. The maximum absolute atomic E-state index is 14.8. The van der Waals surface area contributed by atoms with E-state index < -0.39 is 150 Å². The molecule has 0 bridgehead atoms. The second-order valence-corrected chi connectivity index (χ2v) is 16.8. The monoisotopic (exact) mass is 1210 g/mol. The first-order chi connectivity index (χ1) is 32.8. The first kappa shape index (κ1) is 65.8. The average molecular weight is 1210 g/mol. The topological polar surface area (TPSA) is 130 Å². The van der Waals surface area contributed by atoms with E-state index in [1.54, 1.807) is 0 Å². The van der Waals surface area contributed by atoms with Crippen molar-refractivity contribution in [2.75, 3.05) is 0 Å². The van der Waals surface area contributed by atoms with Crippen LogP contribution in [0, 0.1) is 0 Å². The van der Waals surface area contributed by atoms with Crippen LogP contribution in [0.2, 0.25) is 0 Å². The Morgan fingerprint density at radius 1 is 0.387 bits per heavy atom. The first-order valence-electron chi connectivity index (χ1n) is 17.4. The summed E-state index contributed by atoms with van der Waals surface area (Å²) in [5.41, 5.74) is -11.5. The van der Waals surface area contributed by atoms with Gasteiger partial charge in [-0.15, -0.1) is 0 Å². The second kappa shape index (κ2) is 19.6. The lowest BCUT2D eigenvalue weighted by Crippen LogP contribution is -2.63. The van der Waals surface area contributed by atoms with Gasteiger partial charge in [-0.1, -0.05) is 17.2 Å². The number of benzene rings is 2. The van der Waals surface area contributed by atoms with Gasteiger partial charge in [-0.2, -0.15) is 157 Å². The van der Waals surface area contributed by atoms with Gasteiger partial charge in [0.05, 0.1) is 0 Å². The Kier molecular flexibility index (Phi) is 17.2. The minimum absolute atomic E-state index is 0.0479. The number of hydrogen-bond donors (Lipinski definition) is 0. The summed E-state index contributed by atoms with van der Waals surface area (Å²) in [6.45, 7) is 0.950. The zero-order valence-corrected chi connectivity index (χ0v) is 35.6. The summed E-state index contributed by atoms with van der Waals surface area (Å²) in [5.74, 6) is -64.2. The molecule has 0 radical (unpaired) electrons. The molecule has 75 heavy (non-hydrogen) atoms. The molecule has 10 nitrogen and oxygen atoms in total. The highest BCUT2D eigenvalue weighted by atomic mass is 32.2. The smallest absolute Gasteiger partial charge is 0.455 e. The van der Waals surface area contributed by atoms with E-state index in [0.717, 1.165) is 6.92 Å². The Morgan fingerprint density at radius 2 is 0.613 bits per heavy atom. The number of nitrogens with zero attached hydrogens (tertiary/aromatic N) is 2. The highest BCUT2D eigenvalue weighted by molar-refractivity contribution is 7.88. The summed E-state index contributed by atoms with van der Waals surface area (Å²) in [5, 5.41) is -13.4. The van der Waals surface area contributed by atoms with Crippen molar-refractivity contribution >= 4 is 31.7 Å². The third-order valence-corrected chi connectivity index (χ3v) is 10.8. The molecule has 0 aliphatic rings. The number of hydrogen-bond acceptors (Lipinski definition) is 10. The molecule has 2 rings (SSSR count). The SMILES string of the molecule is CCC(Oc1ccc(C(=NOS(=O)(=O)C(F)(F)C(F)(F)C(F)(F)C(F)(F)F)C(F)(F)C(F)(F)C(F)(F)F)cc1)Oc1ccc(C(=NOS(=O)(=O)C(F)(F)C(F)(F)C(F)(F)C(F)(F)F)C(F)(F)C(F)(F)C(F)(F)F)cc1. The summed E-state index contributed by atoms with van der Waals surface area (Å²) in [6, 6.07) is -0.937. The first-order valence-corrected chi connectivity index (χ1v) is 20.2. The van der Waals surface area contributed by atoms with Gasteiger partial charge >= 0.3 is 103 Å². The summed E-state index contributed by atoms with van der Waals surface area (Å²) < 4.78 is 493. The molecule has 2 aromatic carbocycles. The molecular formula is C31H14F32N2O8S2. The molecule has 0 saturated carbocycles. The molecule has 0 N–H and O–H groups in total. The van der Waals surface area contributed by atoms with Crippen molar-refractivity contribution in [3.8, 4) is 11.5 Å². The van der Waals surface area contributed by atoms with Crippen LogP contribution in [0.5, 0.6) is 11.5 Å². The number of ether oxygens (including phenoxy) is 2. The minimum atomic E-state index is -8.43. The van der Waals surface area contributed by atoms with Gasteiger partial charge in [0.2, 0.25) is 6.29 Å². The third kappa shape index (κ3) is 11.2. The Balaban J connectivity index is 2.69. The molecule has 0 aromatic heterocycles.